The summed E-state index contributed by atoms with van der Waals surface area (Å²) in [6.07, 6.45) is 2.74. The topological polar surface area (TPSA) is 46.3 Å². The van der Waals surface area contributed by atoms with Crippen LogP contribution in [0.3, 0.4) is 0 Å². The highest BCUT2D eigenvalue weighted by molar-refractivity contribution is 5.95. The third-order valence-corrected chi connectivity index (χ3v) is 2.94. The van der Waals surface area contributed by atoms with Crippen LogP contribution >= 0.6 is 0 Å². The van der Waals surface area contributed by atoms with Gasteiger partial charge in [-0.1, -0.05) is 32.0 Å². The number of carbonyl (C=O) groups excluding carboxylic acids is 1. The third kappa shape index (κ3) is 3.84. The van der Waals surface area contributed by atoms with Crippen molar-refractivity contribution in [2.45, 2.75) is 33.1 Å². The number of benzene rings is 1. The minimum absolute atomic E-state index is 0.141. The molecule has 3 heteroatoms. The van der Waals surface area contributed by atoms with Crippen molar-refractivity contribution >= 4 is 5.91 Å². The van der Waals surface area contributed by atoms with E-state index in [0.29, 0.717) is 6.54 Å². The van der Waals surface area contributed by atoms with Gasteiger partial charge in [0.25, 0.3) is 5.91 Å². The Balaban J connectivity index is 2.92. The number of carbonyl (C=O) groups is 1. The van der Waals surface area contributed by atoms with Gasteiger partial charge in [-0.05, 0) is 37.4 Å². The van der Waals surface area contributed by atoms with Crippen LogP contribution in [0.25, 0.3) is 0 Å². The van der Waals surface area contributed by atoms with Crippen molar-refractivity contribution in [1.29, 1.82) is 0 Å². The average Bonchev–Trinajstić information content (AvgIpc) is 2.39. The summed E-state index contributed by atoms with van der Waals surface area (Å²) in [5.41, 5.74) is 7.47. The van der Waals surface area contributed by atoms with Gasteiger partial charge in [-0.3, -0.25) is 4.79 Å². The molecular formula is C15H24N2O. The predicted molar refractivity (Wildman–Crippen MR) is 75.7 cm³/mol. The SMILES string of the molecule is CCCN(CCC)C(=O)c1ccccc1CCN. The summed E-state index contributed by atoms with van der Waals surface area (Å²) in [6.45, 7) is 6.42. The summed E-state index contributed by atoms with van der Waals surface area (Å²) in [4.78, 5) is 14.4. The van der Waals surface area contributed by atoms with Crippen molar-refractivity contribution in [3.8, 4) is 0 Å². The molecule has 1 rings (SSSR count). The molecule has 1 aromatic rings. The molecule has 1 amide bonds. The zero-order valence-electron chi connectivity index (χ0n) is 11.5. The fourth-order valence-electron chi connectivity index (χ4n) is 2.13. The number of nitrogens with zero attached hydrogens (tertiary/aromatic N) is 1. The molecule has 0 aliphatic carbocycles. The quantitative estimate of drug-likeness (QED) is 0.805. The van der Waals surface area contributed by atoms with Crippen LogP contribution < -0.4 is 5.73 Å². The molecule has 3 nitrogen and oxygen atoms in total. The first kappa shape index (κ1) is 14.7. The van der Waals surface area contributed by atoms with Gasteiger partial charge in [0.15, 0.2) is 0 Å². The lowest BCUT2D eigenvalue weighted by Crippen LogP contribution is -2.33. The highest BCUT2D eigenvalue weighted by atomic mass is 16.2. The Morgan fingerprint density at radius 3 is 2.33 bits per heavy atom. The summed E-state index contributed by atoms with van der Waals surface area (Å²) < 4.78 is 0. The molecule has 0 atom stereocenters. The van der Waals surface area contributed by atoms with Crippen molar-refractivity contribution in [2.24, 2.45) is 5.73 Å². The van der Waals surface area contributed by atoms with Crippen molar-refractivity contribution in [3.05, 3.63) is 35.4 Å². The summed E-state index contributed by atoms with van der Waals surface area (Å²) in [5, 5.41) is 0. The van der Waals surface area contributed by atoms with Crippen LogP contribution in [-0.2, 0) is 6.42 Å². The molecular weight excluding hydrogens is 224 g/mol. The summed E-state index contributed by atoms with van der Waals surface area (Å²) in [7, 11) is 0. The van der Waals surface area contributed by atoms with Crippen LogP contribution in [0.1, 0.15) is 42.6 Å². The van der Waals surface area contributed by atoms with Crippen molar-refractivity contribution < 1.29 is 4.79 Å². The molecule has 0 spiro atoms. The van der Waals surface area contributed by atoms with Crippen LogP contribution in [0, 0.1) is 0 Å². The summed E-state index contributed by atoms with van der Waals surface area (Å²) >= 11 is 0. The van der Waals surface area contributed by atoms with E-state index >= 15 is 0 Å². The van der Waals surface area contributed by atoms with Crippen LogP contribution in [0.2, 0.25) is 0 Å². The van der Waals surface area contributed by atoms with Crippen LogP contribution in [0.4, 0.5) is 0 Å². The van der Waals surface area contributed by atoms with E-state index in [2.05, 4.69) is 13.8 Å². The first-order valence-corrected chi connectivity index (χ1v) is 6.81. The zero-order chi connectivity index (χ0) is 13.4. The lowest BCUT2D eigenvalue weighted by Gasteiger charge is -2.22. The third-order valence-electron chi connectivity index (χ3n) is 2.94. The molecule has 100 valence electrons. The van der Waals surface area contributed by atoms with Gasteiger partial charge >= 0.3 is 0 Å². The highest BCUT2D eigenvalue weighted by Crippen LogP contribution is 2.13. The van der Waals surface area contributed by atoms with Gasteiger partial charge in [0, 0.05) is 18.7 Å². The maximum Gasteiger partial charge on any atom is 0.254 e. The number of amides is 1. The Bertz CT molecular complexity index is 371. The molecule has 0 radical (unpaired) electrons. The number of hydrogen-bond donors (Lipinski definition) is 1. The van der Waals surface area contributed by atoms with E-state index < -0.39 is 0 Å². The summed E-state index contributed by atoms with van der Waals surface area (Å²) in [5.74, 6) is 0.141. The molecule has 0 aliphatic rings. The monoisotopic (exact) mass is 248 g/mol. The van der Waals surface area contributed by atoms with Crippen molar-refractivity contribution in [3.63, 3.8) is 0 Å². The van der Waals surface area contributed by atoms with Crippen molar-refractivity contribution in [1.82, 2.24) is 4.90 Å². The second-order valence-electron chi connectivity index (χ2n) is 4.49. The lowest BCUT2D eigenvalue weighted by molar-refractivity contribution is 0.0754. The molecule has 0 aliphatic heterocycles. The van der Waals surface area contributed by atoms with Gasteiger partial charge in [-0.25, -0.2) is 0 Å². The van der Waals surface area contributed by atoms with E-state index in [1.54, 1.807) is 0 Å². The molecule has 0 fully saturated rings. The van der Waals surface area contributed by atoms with E-state index in [-0.39, 0.29) is 5.91 Å². The molecule has 0 saturated carbocycles. The van der Waals surface area contributed by atoms with Gasteiger partial charge in [0.2, 0.25) is 0 Å². The average molecular weight is 248 g/mol. The normalized spacial score (nSPS) is 10.4. The van der Waals surface area contributed by atoms with Crippen LogP contribution in [0.5, 0.6) is 0 Å². The first-order valence-electron chi connectivity index (χ1n) is 6.81. The van der Waals surface area contributed by atoms with Crippen LogP contribution in [0.15, 0.2) is 24.3 Å². The largest absolute Gasteiger partial charge is 0.339 e. The van der Waals surface area contributed by atoms with E-state index in [1.165, 1.54) is 0 Å². The van der Waals surface area contributed by atoms with Gasteiger partial charge in [-0.2, -0.15) is 0 Å². The molecule has 0 saturated heterocycles. The second kappa shape index (κ2) is 7.88. The number of hydrogen-bond acceptors (Lipinski definition) is 2. The van der Waals surface area contributed by atoms with Gasteiger partial charge < -0.3 is 10.6 Å². The van der Waals surface area contributed by atoms with E-state index in [4.69, 9.17) is 5.73 Å². The Morgan fingerprint density at radius 2 is 1.78 bits per heavy atom. The molecule has 0 aromatic heterocycles. The summed E-state index contributed by atoms with van der Waals surface area (Å²) in [6, 6.07) is 7.79. The lowest BCUT2D eigenvalue weighted by atomic mass is 10.0. The predicted octanol–water partition coefficient (Wildman–Crippen LogP) is 2.45. The Kier molecular flexibility index (Phi) is 6.44. The second-order valence-corrected chi connectivity index (χ2v) is 4.49. The van der Waals surface area contributed by atoms with E-state index in [0.717, 1.165) is 43.5 Å². The molecule has 0 unspecified atom stereocenters. The number of nitrogens with two attached hydrogens (primary N) is 1. The minimum atomic E-state index is 0.141. The fourth-order valence-corrected chi connectivity index (χ4v) is 2.13. The highest BCUT2D eigenvalue weighted by Gasteiger charge is 2.16. The first-order chi connectivity index (χ1) is 8.74. The number of rotatable bonds is 7. The van der Waals surface area contributed by atoms with Gasteiger partial charge in [-0.15, -0.1) is 0 Å². The van der Waals surface area contributed by atoms with Crippen molar-refractivity contribution in [2.75, 3.05) is 19.6 Å². The van der Waals surface area contributed by atoms with E-state index in [9.17, 15) is 4.79 Å². The maximum atomic E-state index is 12.5. The Labute approximate surface area is 110 Å². The maximum absolute atomic E-state index is 12.5. The van der Waals surface area contributed by atoms with Gasteiger partial charge in [0.05, 0.1) is 0 Å². The molecule has 0 bridgehead atoms. The standard InChI is InChI=1S/C15H24N2O/c1-3-11-17(12-4-2)15(18)14-8-6-5-7-13(14)9-10-16/h5-8H,3-4,9-12,16H2,1-2H3. The van der Waals surface area contributed by atoms with E-state index in [1.807, 2.05) is 29.2 Å². The molecule has 1 aromatic carbocycles. The smallest absolute Gasteiger partial charge is 0.254 e. The Hall–Kier alpha value is -1.35. The Morgan fingerprint density at radius 1 is 1.17 bits per heavy atom. The molecule has 2 N–H and O–H groups in total. The zero-order valence-corrected chi connectivity index (χ0v) is 11.5. The molecule has 18 heavy (non-hydrogen) atoms. The van der Waals surface area contributed by atoms with Gasteiger partial charge in [0.1, 0.15) is 0 Å². The minimum Gasteiger partial charge on any atom is -0.339 e. The molecule has 0 heterocycles. The fraction of sp³-hybridized carbons (Fsp3) is 0.533. The van der Waals surface area contributed by atoms with Crippen LogP contribution in [-0.4, -0.2) is 30.4 Å².